The highest BCUT2D eigenvalue weighted by atomic mass is 15.1. The van der Waals surface area contributed by atoms with Gasteiger partial charge in [-0.2, -0.15) is 0 Å². The van der Waals surface area contributed by atoms with Crippen LogP contribution in [0, 0.1) is 0 Å². The van der Waals surface area contributed by atoms with Crippen LogP contribution < -0.4 is 0 Å². The van der Waals surface area contributed by atoms with Gasteiger partial charge in [-0.1, -0.05) is 20.3 Å². The standard InChI is InChI=1S/C7H14B2N/c1-6-4-3-5-7(2)10(6)9-8/h6-7H,3-5H2,1-2H3. The summed E-state index contributed by atoms with van der Waals surface area (Å²) < 4.78 is 0. The number of nitrogens with zero attached hydrogens (tertiary/aromatic N) is 1. The van der Waals surface area contributed by atoms with Gasteiger partial charge in [-0.15, -0.1) is 0 Å². The lowest BCUT2D eigenvalue weighted by molar-refractivity contribution is 0.209. The van der Waals surface area contributed by atoms with Crippen LogP contribution in [0.4, 0.5) is 0 Å². The molecule has 0 spiro atoms. The summed E-state index contributed by atoms with van der Waals surface area (Å²) in [4.78, 5) is 2.25. The van der Waals surface area contributed by atoms with Gasteiger partial charge in [0.05, 0.1) is 0 Å². The fourth-order valence-corrected chi connectivity index (χ4v) is 1.74. The summed E-state index contributed by atoms with van der Waals surface area (Å²) in [5, 5.41) is 0. The molecule has 0 aliphatic carbocycles. The van der Waals surface area contributed by atoms with Gasteiger partial charge in [0.25, 0.3) is 0 Å². The molecule has 2 atom stereocenters. The first-order valence-corrected chi connectivity index (χ1v) is 4.08. The predicted molar refractivity (Wildman–Crippen MR) is 46.1 cm³/mol. The van der Waals surface area contributed by atoms with E-state index >= 15 is 0 Å². The molecule has 1 fully saturated rings. The van der Waals surface area contributed by atoms with Gasteiger partial charge in [-0.3, -0.25) is 0 Å². The lowest BCUT2D eigenvalue weighted by Gasteiger charge is -2.38. The highest BCUT2D eigenvalue weighted by Gasteiger charge is 2.21. The molecule has 0 aromatic carbocycles. The third-order valence-corrected chi connectivity index (χ3v) is 2.43. The molecule has 0 aromatic rings. The number of piperidine rings is 1. The molecule has 1 rings (SSSR count). The van der Waals surface area contributed by atoms with Gasteiger partial charge in [-0.25, -0.2) is 0 Å². The van der Waals surface area contributed by atoms with Crippen molar-refractivity contribution in [3.05, 3.63) is 0 Å². The maximum Gasteiger partial charge on any atom is 0.149 e. The normalized spacial score (nSPS) is 35.8. The maximum atomic E-state index is 5.48. The van der Waals surface area contributed by atoms with Gasteiger partial charge < -0.3 is 4.81 Å². The molecular weight excluding hydrogens is 120 g/mol. The zero-order chi connectivity index (χ0) is 7.56. The largest absolute Gasteiger partial charge is 0.352 e. The Morgan fingerprint density at radius 3 is 2.10 bits per heavy atom. The van der Waals surface area contributed by atoms with Crippen molar-refractivity contribution < 1.29 is 0 Å². The SMILES string of the molecule is [B][B]N1C(C)CCCC1C. The molecule has 1 nitrogen and oxygen atoms in total. The molecule has 3 radical (unpaired) electrons. The Morgan fingerprint density at radius 1 is 1.30 bits per heavy atom. The van der Waals surface area contributed by atoms with E-state index in [4.69, 9.17) is 7.74 Å². The Bertz CT molecular complexity index is 97.8. The van der Waals surface area contributed by atoms with Crippen LogP contribution in [0.2, 0.25) is 0 Å². The van der Waals surface area contributed by atoms with Crippen molar-refractivity contribution in [2.45, 2.75) is 45.2 Å². The molecule has 10 heavy (non-hydrogen) atoms. The van der Waals surface area contributed by atoms with Gasteiger partial charge >= 0.3 is 0 Å². The van der Waals surface area contributed by atoms with E-state index in [1.54, 1.807) is 7.31 Å². The van der Waals surface area contributed by atoms with Crippen molar-refractivity contribution in [2.24, 2.45) is 0 Å². The first kappa shape index (κ1) is 8.19. The zero-order valence-electron chi connectivity index (χ0n) is 6.88. The van der Waals surface area contributed by atoms with Crippen molar-refractivity contribution >= 4 is 15.0 Å². The second kappa shape index (κ2) is 3.47. The van der Waals surface area contributed by atoms with E-state index < -0.39 is 0 Å². The Labute approximate surface area is 65.8 Å². The number of hydrogen-bond acceptors (Lipinski definition) is 1. The predicted octanol–water partition coefficient (Wildman–Crippen LogP) is 0.952. The van der Waals surface area contributed by atoms with Crippen LogP contribution in [0.15, 0.2) is 0 Å². The topological polar surface area (TPSA) is 3.24 Å². The maximum absolute atomic E-state index is 5.48. The number of hydrogen-bond donors (Lipinski definition) is 0. The van der Waals surface area contributed by atoms with Gasteiger partial charge in [0, 0.05) is 7.74 Å². The van der Waals surface area contributed by atoms with Gasteiger partial charge in [0.15, 0.2) is 0 Å². The van der Waals surface area contributed by atoms with E-state index in [1.807, 2.05) is 0 Å². The molecule has 3 heteroatoms. The minimum atomic E-state index is 0.647. The Kier molecular flexibility index (Phi) is 2.84. The highest BCUT2D eigenvalue weighted by molar-refractivity contribution is 6.87. The molecule has 0 aromatic heterocycles. The lowest BCUT2D eigenvalue weighted by Crippen LogP contribution is -2.46. The van der Waals surface area contributed by atoms with E-state index in [0.717, 1.165) is 0 Å². The third-order valence-electron chi connectivity index (χ3n) is 2.43. The molecule has 1 aliphatic rings. The van der Waals surface area contributed by atoms with Crippen LogP contribution in [-0.2, 0) is 0 Å². The van der Waals surface area contributed by atoms with Gasteiger partial charge in [-0.05, 0) is 24.9 Å². The Hall–Kier alpha value is 0.0899. The Morgan fingerprint density at radius 2 is 1.80 bits per heavy atom. The van der Waals surface area contributed by atoms with E-state index in [1.165, 1.54) is 19.3 Å². The summed E-state index contributed by atoms with van der Waals surface area (Å²) in [7, 11) is 7.22. The summed E-state index contributed by atoms with van der Waals surface area (Å²) in [5.41, 5.74) is 0. The zero-order valence-corrected chi connectivity index (χ0v) is 6.88. The molecule has 0 bridgehead atoms. The van der Waals surface area contributed by atoms with Crippen LogP contribution >= 0.6 is 0 Å². The first-order chi connectivity index (χ1) is 4.75. The van der Waals surface area contributed by atoms with Crippen LogP contribution in [0.1, 0.15) is 33.1 Å². The first-order valence-electron chi connectivity index (χ1n) is 4.08. The number of rotatable bonds is 1. The molecule has 1 saturated heterocycles. The summed E-state index contributed by atoms with van der Waals surface area (Å²) in [6.07, 6.45) is 3.93. The highest BCUT2D eigenvalue weighted by Crippen LogP contribution is 2.20. The molecule has 0 N–H and O–H groups in total. The summed E-state index contributed by atoms with van der Waals surface area (Å²) >= 11 is 0. The summed E-state index contributed by atoms with van der Waals surface area (Å²) in [6, 6.07) is 1.29. The molecule has 0 amide bonds. The summed E-state index contributed by atoms with van der Waals surface area (Å²) in [5.74, 6) is 0. The second-order valence-corrected chi connectivity index (χ2v) is 3.23. The molecule has 1 aliphatic heterocycles. The molecular formula is C7H14B2N. The minimum Gasteiger partial charge on any atom is -0.352 e. The summed E-state index contributed by atoms with van der Waals surface area (Å²) in [6.45, 7) is 4.47. The van der Waals surface area contributed by atoms with E-state index in [9.17, 15) is 0 Å². The van der Waals surface area contributed by atoms with Crippen LogP contribution in [0.3, 0.4) is 0 Å². The van der Waals surface area contributed by atoms with Crippen LogP contribution in [0.25, 0.3) is 0 Å². The quantitative estimate of drug-likeness (QED) is 0.482. The lowest BCUT2D eigenvalue weighted by atomic mass is 9.62. The van der Waals surface area contributed by atoms with Crippen molar-refractivity contribution in [1.29, 1.82) is 0 Å². The van der Waals surface area contributed by atoms with E-state index in [-0.39, 0.29) is 0 Å². The fourth-order valence-electron chi connectivity index (χ4n) is 1.74. The average Bonchev–Trinajstić information content (AvgIpc) is 1.88. The second-order valence-electron chi connectivity index (χ2n) is 3.23. The molecule has 2 unspecified atom stereocenters. The minimum absolute atomic E-state index is 0.647. The smallest absolute Gasteiger partial charge is 0.149 e. The Balaban J connectivity index is 2.45. The third kappa shape index (κ3) is 1.57. The molecule has 0 saturated carbocycles. The average molecular weight is 134 g/mol. The van der Waals surface area contributed by atoms with Gasteiger partial charge in [0.2, 0.25) is 0 Å². The van der Waals surface area contributed by atoms with Gasteiger partial charge in [0.1, 0.15) is 7.31 Å². The van der Waals surface area contributed by atoms with Crippen molar-refractivity contribution in [3.8, 4) is 0 Å². The van der Waals surface area contributed by atoms with E-state index in [0.29, 0.717) is 12.1 Å². The molecule has 53 valence electrons. The van der Waals surface area contributed by atoms with Crippen molar-refractivity contribution in [1.82, 2.24) is 4.81 Å². The monoisotopic (exact) mass is 134 g/mol. The van der Waals surface area contributed by atoms with Crippen LogP contribution in [-0.4, -0.2) is 31.9 Å². The molecule has 1 heterocycles. The van der Waals surface area contributed by atoms with Crippen molar-refractivity contribution in [2.75, 3.05) is 0 Å². The van der Waals surface area contributed by atoms with E-state index in [2.05, 4.69) is 18.7 Å². The fraction of sp³-hybridized carbons (Fsp3) is 1.00. The van der Waals surface area contributed by atoms with Crippen LogP contribution in [0.5, 0.6) is 0 Å². The van der Waals surface area contributed by atoms with Crippen molar-refractivity contribution in [3.63, 3.8) is 0 Å².